The van der Waals surface area contributed by atoms with Crippen LogP contribution in [0.3, 0.4) is 0 Å². The lowest BCUT2D eigenvalue weighted by molar-refractivity contribution is 0.0519. The average Bonchev–Trinajstić information content (AvgIpc) is 3.04. The Morgan fingerprint density at radius 2 is 1.83 bits per heavy atom. The summed E-state index contributed by atoms with van der Waals surface area (Å²) in [4.78, 5) is 22.4. The van der Waals surface area contributed by atoms with Crippen LogP contribution in [0.25, 0.3) is 10.0 Å². The number of thiazole rings is 2. The van der Waals surface area contributed by atoms with Gasteiger partial charge in [0.15, 0.2) is 15.7 Å². The summed E-state index contributed by atoms with van der Waals surface area (Å²) in [5.41, 5.74) is 1.56. The van der Waals surface area contributed by atoms with E-state index in [1.54, 1.807) is 22.7 Å². The van der Waals surface area contributed by atoms with Crippen LogP contribution in [0.2, 0.25) is 0 Å². The van der Waals surface area contributed by atoms with E-state index in [0.717, 1.165) is 33.4 Å². The van der Waals surface area contributed by atoms with Gasteiger partial charge in [0.25, 0.3) is 0 Å². The Bertz CT molecular complexity index is 659. The Morgan fingerprint density at radius 1 is 1.13 bits per heavy atom. The van der Waals surface area contributed by atoms with Gasteiger partial charge in [-0.05, 0) is 31.6 Å². The maximum absolute atomic E-state index is 12.1. The molecule has 2 heterocycles. The summed E-state index contributed by atoms with van der Waals surface area (Å²) in [6, 6.07) is 0. The maximum atomic E-state index is 12.1. The molecule has 0 saturated heterocycles. The van der Waals surface area contributed by atoms with Gasteiger partial charge < -0.3 is 4.74 Å². The van der Waals surface area contributed by atoms with Crippen molar-refractivity contribution in [2.75, 3.05) is 6.61 Å². The zero-order chi connectivity index (χ0) is 17.0. The number of ether oxygens (including phenoxy) is 1. The minimum absolute atomic E-state index is 0.329. The van der Waals surface area contributed by atoms with Crippen LogP contribution in [0.4, 0.5) is 0 Å². The van der Waals surface area contributed by atoms with E-state index >= 15 is 0 Å². The summed E-state index contributed by atoms with van der Waals surface area (Å²) in [6.07, 6.45) is 1.79. The molecule has 0 aliphatic rings. The third-order valence-corrected chi connectivity index (χ3v) is 5.22. The fourth-order valence-corrected chi connectivity index (χ4v) is 4.36. The van der Waals surface area contributed by atoms with Gasteiger partial charge in [-0.2, -0.15) is 0 Å². The zero-order valence-electron chi connectivity index (χ0n) is 14.4. The predicted octanol–water partition coefficient (Wildman–Crippen LogP) is 4.84. The van der Waals surface area contributed by atoms with Gasteiger partial charge in [0, 0.05) is 10.3 Å². The Hall–Kier alpha value is -1.27. The quantitative estimate of drug-likeness (QED) is 0.669. The van der Waals surface area contributed by atoms with Gasteiger partial charge in [-0.3, -0.25) is 0 Å². The van der Waals surface area contributed by atoms with Crippen LogP contribution >= 0.6 is 22.7 Å². The molecule has 0 unspecified atom stereocenters. The lowest BCUT2D eigenvalue weighted by Crippen LogP contribution is -2.08. The first-order chi connectivity index (χ1) is 10.9. The number of nitrogens with zero attached hydrogens (tertiary/aromatic N) is 2. The largest absolute Gasteiger partial charge is 0.461 e. The highest BCUT2D eigenvalue weighted by Gasteiger charge is 2.22. The van der Waals surface area contributed by atoms with E-state index in [1.165, 1.54) is 0 Å². The SMILES string of the molecule is CCOC(=O)c1nc(-c2nc(CC(C)C)cs2)sc1CC(C)C. The van der Waals surface area contributed by atoms with Crippen molar-refractivity contribution in [1.82, 2.24) is 9.97 Å². The second-order valence-corrected chi connectivity index (χ2v) is 8.29. The second-order valence-electron chi connectivity index (χ2n) is 6.35. The van der Waals surface area contributed by atoms with Crippen molar-refractivity contribution in [2.24, 2.45) is 11.8 Å². The lowest BCUT2D eigenvalue weighted by Gasteiger charge is -2.04. The molecular formula is C17H24N2O2S2. The third-order valence-electron chi connectivity index (χ3n) is 3.11. The maximum Gasteiger partial charge on any atom is 0.358 e. The summed E-state index contributed by atoms with van der Waals surface area (Å²) >= 11 is 3.16. The number of esters is 1. The summed E-state index contributed by atoms with van der Waals surface area (Å²) in [6.45, 7) is 10.8. The molecule has 0 aliphatic carbocycles. The first-order valence-electron chi connectivity index (χ1n) is 8.02. The highest BCUT2D eigenvalue weighted by Crippen LogP contribution is 2.32. The lowest BCUT2D eigenvalue weighted by atomic mass is 10.1. The molecule has 0 amide bonds. The molecule has 126 valence electrons. The molecule has 0 radical (unpaired) electrons. The third kappa shape index (κ3) is 4.85. The average molecular weight is 353 g/mol. The highest BCUT2D eigenvalue weighted by molar-refractivity contribution is 7.20. The Morgan fingerprint density at radius 3 is 2.43 bits per heavy atom. The smallest absolute Gasteiger partial charge is 0.358 e. The van der Waals surface area contributed by atoms with E-state index < -0.39 is 0 Å². The molecule has 4 nitrogen and oxygen atoms in total. The van der Waals surface area contributed by atoms with Gasteiger partial charge in [0.1, 0.15) is 0 Å². The Labute approximate surface area is 145 Å². The van der Waals surface area contributed by atoms with Gasteiger partial charge in [-0.1, -0.05) is 27.7 Å². The van der Waals surface area contributed by atoms with Crippen molar-refractivity contribution in [2.45, 2.75) is 47.5 Å². The molecule has 6 heteroatoms. The van der Waals surface area contributed by atoms with Crippen molar-refractivity contribution in [3.8, 4) is 10.0 Å². The summed E-state index contributed by atoms with van der Waals surface area (Å²) < 4.78 is 5.15. The molecule has 0 bridgehead atoms. The van der Waals surface area contributed by atoms with Crippen LogP contribution in [-0.2, 0) is 17.6 Å². The van der Waals surface area contributed by atoms with E-state index in [0.29, 0.717) is 24.1 Å². The molecule has 0 saturated carbocycles. The molecule has 0 aromatic carbocycles. The summed E-state index contributed by atoms with van der Waals surface area (Å²) in [7, 11) is 0. The van der Waals surface area contributed by atoms with E-state index in [1.807, 2.05) is 6.92 Å². The first-order valence-corrected chi connectivity index (χ1v) is 9.71. The second kappa shape index (κ2) is 8.02. The number of hydrogen-bond donors (Lipinski definition) is 0. The Balaban J connectivity index is 2.31. The minimum atomic E-state index is -0.329. The summed E-state index contributed by atoms with van der Waals surface area (Å²) in [5, 5.41) is 3.80. The number of carbonyl (C=O) groups is 1. The molecule has 23 heavy (non-hydrogen) atoms. The molecule has 0 spiro atoms. The number of carbonyl (C=O) groups excluding carboxylic acids is 1. The zero-order valence-corrected chi connectivity index (χ0v) is 16.0. The molecule has 0 fully saturated rings. The Kier molecular flexibility index (Phi) is 6.30. The number of rotatable bonds is 7. The van der Waals surface area contributed by atoms with Crippen molar-refractivity contribution in [3.63, 3.8) is 0 Å². The molecule has 0 atom stereocenters. The van der Waals surface area contributed by atoms with E-state index in [2.05, 4.69) is 43.0 Å². The van der Waals surface area contributed by atoms with E-state index in [9.17, 15) is 4.79 Å². The molecule has 2 rings (SSSR count). The fraction of sp³-hybridized carbons (Fsp3) is 0.588. The first kappa shape index (κ1) is 18.1. The predicted molar refractivity (Wildman–Crippen MR) is 96.3 cm³/mol. The van der Waals surface area contributed by atoms with Gasteiger partial charge >= 0.3 is 5.97 Å². The van der Waals surface area contributed by atoms with Gasteiger partial charge in [0.2, 0.25) is 0 Å². The number of aromatic nitrogens is 2. The van der Waals surface area contributed by atoms with Gasteiger partial charge in [-0.25, -0.2) is 14.8 Å². The van der Waals surface area contributed by atoms with Crippen molar-refractivity contribution < 1.29 is 9.53 Å². The normalized spacial score (nSPS) is 11.4. The van der Waals surface area contributed by atoms with Crippen molar-refractivity contribution >= 4 is 28.6 Å². The minimum Gasteiger partial charge on any atom is -0.461 e. The molecular weight excluding hydrogens is 328 g/mol. The number of hydrogen-bond acceptors (Lipinski definition) is 6. The van der Waals surface area contributed by atoms with E-state index in [-0.39, 0.29) is 5.97 Å². The molecule has 2 aromatic rings. The van der Waals surface area contributed by atoms with Crippen LogP contribution < -0.4 is 0 Å². The van der Waals surface area contributed by atoms with Crippen molar-refractivity contribution in [1.29, 1.82) is 0 Å². The van der Waals surface area contributed by atoms with Gasteiger partial charge in [0.05, 0.1) is 12.3 Å². The van der Waals surface area contributed by atoms with Gasteiger partial charge in [-0.15, -0.1) is 22.7 Å². The van der Waals surface area contributed by atoms with Crippen LogP contribution in [-0.4, -0.2) is 22.5 Å². The van der Waals surface area contributed by atoms with Crippen molar-refractivity contribution in [3.05, 3.63) is 21.6 Å². The van der Waals surface area contributed by atoms with Crippen LogP contribution in [0.5, 0.6) is 0 Å². The highest BCUT2D eigenvalue weighted by atomic mass is 32.1. The van der Waals surface area contributed by atoms with E-state index in [4.69, 9.17) is 4.74 Å². The standard InChI is InChI=1S/C17H24N2O2S2/c1-6-21-17(20)14-13(8-11(4)5)23-16(19-14)15-18-12(9-22-15)7-10(2)3/h9-11H,6-8H2,1-5H3. The monoisotopic (exact) mass is 352 g/mol. The van der Waals surface area contributed by atoms with Crippen LogP contribution in [0.1, 0.15) is 55.7 Å². The fourth-order valence-electron chi connectivity index (χ4n) is 2.23. The summed E-state index contributed by atoms with van der Waals surface area (Å²) in [5.74, 6) is 0.710. The molecule has 0 N–H and O–H groups in total. The van der Waals surface area contributed by atoms with Crippen LogP contribution in [0.15, 0.2) is 5.38 Å². The molecule has 2 aromatic heterocycles. The van der Waals surface area contributed by atoms with Crippen LogP contribution in [0, 0.1) is 11.8 Å². The topological polar surface area (TPSA) is 52.1 Å². The molecule has 0 aliphatic heterocycles.